The van der Waals surface area contributed by atoms with E-state index >= 15 is 0 Å². The number of aromatic nitrogens is 4. The van der Waals surface area contributed by atoms with Gasteiger partial charge in [0.25, 0.3) is 15.6 Å². The Hall–Kier alpha value is -2.52. The zero-order valence-corrected chi connectivity index (χ0v) is 16.7. The lowest BCUT2D eigenvalue weighted by Crippen LogP contribution is -2.43. The molecule has 148 valence electrons. The molecule has 0 radical (unpaired) electrons. The van der Waals surface area contributed by atoms with Crippen molar-refractivity contribution >= 4 is 20.9 Å². The maximum atomic E-state index is 13.0. The van der Waals surface area contributed by atoms with Crippen LogP contribution in [0.15, 0.2) is 52.9 Å². The molecule has 1 aliphatic rings. The largest absolute Gasteiger partial charge is 0.334 e. The van der Waals surface area contributed by atoms with Gasteiger partial charge in [-0.25, -0.2) is 18.4 Å². The van der Waals surface area contributed by atoms with E-state index in [1.54, 1.807) is 33.5 Å². The first kappa shape index (κ1) is 18.8. The minimum Gasteiger partial charge on any atom is -0.334 e. The molecule has 8 nitrogen and oxygen atoms in total. The van der Waals surface area contributed by atoms with E-state index in [4.69, 9.17) is 0 Å². The van der Waals surface area contributed by atoms with Crippen molar-refractivity contribution in [3.8, 4) is 0 Å². The molecule has 2 aromatic heterocycles. The van der Waals surface area contributed by atoms with Crippen molar-refractivity contribution in [2.75, 3.05) is 13.1 Å². The van der Waals surface area contributed by atoms with Crippen molar-refractivity contribution in [2.24, 2.45) is 0 Å². The monoisotopic (exact) mass is 401 g/mol. The molecule has 1 saturated heterocycles. The third kappa shape index (κ3) is 3.24. The Morgan fingerprint density at radius 2 is 1.93 bits per heavy atom. The van der Waals surface area contributed by atoms with Crippen molar-refractivity contribution in [3.05, 3.63) is 53.5 Å². The number of fused-ring (bicyclic) bond motifs is 1. The first-order valence-electron chi connectivity index (χ1n) is 9.37. The Kier molecular flexibility index (Phi) is 4.80. The highest BCUT2D eigenvalue weighted by molar-refractivity contribution is 7.89. The van der Waals surface area contributed by atoms with Gasteiger partial charge in [-0.2, -0.15) is 4.31 Å². The van der Waals surface area contributed by atoms with Crippen LogP contribution < -0.4 is 5.56 Å². The third-order valence-corrected chi connectivity index (χ3v) is 6.97. The Balaban J connectivity index is 1.64. The molecular formula is C19H23N5O3S. The van der Waals surface area contributed by atoms with Crippen LogP contribution in [0.25, 0.3) is 10.9 Å². The van der Waals surface area contributed by atoms with Crippen molar-refractivity contribution in [1.29, 1.82) is 0 Å². The summed E-state index contributed by atoms with van der Waals surface area (Å²) in [6, 6.07) is 7.07. The molecule has 1 fully saturated rings. The number of hydrogen-bond acceptors (Lipinski definition) is 5. The van der Waals surface area contributed by atoms with Crippen molar-refractivity contribution in [3.63, 3.8) is 0 Å². The topological polar surface area (TPSA) is 90.1 Å². The maximum Gasteiger partial charge on any atom is 0.262 e. The van der Waals surface area contributed by atoms with Crippen LogP contribution in [0.5, 0.6) is 0 Å². The highest BCUT2D eigenvalue weighted by Crippen LogP contribution is 2.26. The number of hydrogen-bond donors (Lipinski definition) is 0. The van der Waals surface area contributed by atoms with Gasteiger partial charge in [-0.1, -0.05) is 12.1 Å². The Morgan fingerprint density at radius 3 is 2.68 bits per heavy atom. The number of rotatable bonds is 4. The molecule has 1 aromatic carbocycles. The van der Waals surface area contributed by atoms with Gasteiger partial charge in [-0.05, 0) is 38.8 Å². The van der Waals surface area contributed by atoms with E-state index in [0.717, 1.165) is 6.42 Å². The molecule has 0 aliphatic carbocycles. The highest BCUT2D eigenvalue weighted by Gasteiger charge is 2.33. The van der Waals surface area contributed by atoms with Crippen molar-refractivity contribution in [2.45, 2.75) is 43.8 Å². The number of sulfonamides is 1. The Labute approximate surface area is 163 Å². The van der Waals surface area contributed by atoms with Crippen LogP contribution in [-0.4, -0.2) is 44.9 Å². The van der Waals surface area contributed by atoms with Gasteiger partial charge >= 0.3 is 0 Å². The zero-order valence-electron chi connectivity index (χ0n) is 15.9. The van der Waals surface area contributed by atoms with Crippen molar-refractivity contribution < 1.29 is 8.42 Å². The number of piperidine rings is 1. The summed E-state index contributed by atoms with van der Waals surface area (Å²) in [5.41, 5.74) is 0.502. The molecule has 0 amide bonds. The normalized spacial score (nSPS) is 18.8. The smallest absolute Gasteiger partial charge is 0.262 e. The number of benzene rings is 1. The van der Waals surface area contributed by atoms with Gasteiger partial charge in [0, 0.05) is 25.3 Å². The van der Waals surface area contributed by atoms with Gasteiger partial charge in [0.2, 0.25) is 0 Å². The lowest BCUT2D eigenvalue weighted by atomic mass is 10.1. The van der Waals surface area contributed by atoms with Gasteiger partial charge < -0.3 is 4.57 Å². The van der Waals surface area contributed by atoms with Crippen LogP contribution in [-0.2, 0) is 10.0 Å². The third-order valence-electron chi connectivity index (χ3n) is 5.22. The molecule has 3 heterocycles. The molecule has 3 aromatic rings. The summed E-state index contributed by atoms with van der Waals surface area (Å²) in [4.78, 5) is 21.3. The zero-order chi connectivity index (χ0) is 19.9. The second-order valence-corrected chi connectivity index (χ2v) is 9.27. The number of nitrogens with zero attached hydrogens (tertiary/aromatic N) is 5. The van der Waals surface area contributed by atoms with Crippen molar-refractivity contribution in [1.82, 2.24) is 23.4 Å². The van der Waals surface area contributed by atoms with E-state index in [1.165, 1.54) is 17.0 Å². The van der Waals surface area contributed by atoms with Crippen LogP contribution >= 0.6 is 0 Å². The van der Waals surface area contributed by atoms with Gasteiger partial charge in [0.15, 0.2) is 5.03 Å². The van der Waals surface area contributed by atoms with E-state index in [0.29, 0.717) is 23.9 Å². The molecule has 0 N–H and O–H groups in total. The SMILES string of the molecule is CC(C)n1cnc(S(=O)(=O)N2CCC[C@H](n3cnc4ccccc4c3=O)C2)c1. The molecule has 4 rings (SSSR count). The van der Waals surface area contributed by atoms with Crippen LogP contribution in [0.4, 0.5) is 0 Å². The highest BCUT2D eigenvalue weighted by atomic mass is 32.2. The average Bonchev–Trinajstić information content (AvgIpc) is 3.20. The standard InChI is InChI=1S/C19H23N5O3S/c1-14(2)22-11-18(21-12-22)28(26,27)23-9-5-6-15(10-23)24-13-20-17-8-4-3-7-16(17)19(24)25/h3-4,7-8,11-15H,5-6,9-10H2,1-2H3/t15-/m0/s1. The fourth-order valence-electron chi connectivity index (χ4n) is 3.57. The minimum absolute atomic E-state index is 0.0471. The van der Waals surface area contributed by atoms with E-state index in [9.17, 15) is 13.2 Å². The fourth-order valence-corrected chi connectivity index (χ4v) is 5.01. The summed E-state index contributed by atoms with van der Waals surface area (Å²) >= 11 is 0. The average molecular weight is 401 g/mol. The number of para-hydroxylation sites is 1. The summed E-state index contributed by atoms with van der Waals surface area (Å²) in [7, 11) is -3.71. The van der Waals surface area contributed by atoms with E-state index in [1.807, 2.05) is 19.9 Å². The van der Waals surface area contributed by atoms with Gasteiger partial charge in [-0.15, -0.1) is 0 Å². The van der Waals surface area contributed by atoms with Crippen LogP contribution in [0.2, 0.25) is 0 Å². The second-order valence-electron chi connectivity index (χ2n) is 7.39. The maximum absolute atomic E-state index is 13.0. The van der Waals surface area contributed by atoms with Crippen LogP contribution in [0.3, 0.4) is 0 Å². The van der Waals surface area contributed by atoms with Gasteiger partial charge in [0.05, 0.1) is 29.6 Å². The molecule has 0 unspecified atom stereocenters. The van der Waals surface area contributed by atoms with Gasteiger partial charge in [-0.3, -0.25) is 9.36 Å². The quantitative estimate of drug-likeness (QED) is 0.668. The lowest BCUT2D eigenvalue weighted by molar-refractivity contribution is 0.262. The van der Waals surface area contributed by atoms with Crippen LogP contribution in [0.1, 0.15) is 38.8 Å². The summed E-state index contributed by atoms with van der Waals surface area (Å²) in [5.74, 6) is 0. The lowest BCUT2D eigenvalue weighted by Gasteiger charge is -2.32. The molecule has 1 atom stereocenters. The van der Waals surface area contributed by atoms with E-state index in [-0.39, 0.29) is 29.2 Å². The van der Waals surface area contributed by atoms with E-state index in [2.05, 4.69) is 9.97 Å². The number of imidazole rings is 1. The summed E-state index contributed by atoms with van der Waals surface area (Å²) in [6.45, 7) is 4.59. The molecule has 28 heavy (non-hydrogen) atoms. The summed E-state index contributed by atoms with van der Waals surface area (Å²) < 4.78 is 30.9. The second kappa shape index (κ2) is 7.14. The van der Waals surface area contributed by atoms with E-state index < -0.39 is 10.0 Å². The first-order chi connectivity index (χ1) is 13.4. The first-order valence-corrected chi connectivity index (χ1v) is 10.8. The predicted molar refractivity (Wildman–Crippen MR) is 106 cm³/mol. The molecular weight excluding hydrogens is 378 g/mol. The van der Waals surface area contributed by atoms with Crippen LogP contribution in [0, 0.1) is 0 Å². The van der Waals surface area contributed by atoms with Gasteiger partial charge in [0.1, 0.15) is 0 Å². The molecule has 0 saturated carbocycles. The summed E-state index contributed by atoms with van der Waals surface area (Å²) in [6.07, 6.45) is 6.03. The summed E-state index contributed by atoms with van der Waals surface area (Å²) in [5, 5.41) is 0.589. The molecule has 0 bridgehead atoms. The molecule has 1 aliphatic heterocycles. The molecule has 9 heteroatoms. The molecule has 0 spiro atoms. The predicted octanol–water partition coefficient (Wildman–Crippen LogP) is 2.20. The Morgan fingerprint density at radius 1 is 1.14 bits per heavy atom. The fraction of sp³-hybridized carbons (Fsp3) is 0.421. The minimum atomic E-state index is -3.71. The Bertz CT molecular complexity index is 1170.